The Labute approximate surface area is 133 Å². The summed E-state index contributed by atoms with van der Waals surface area (Å²) >= 11 is 7.76. The van der Waals surface area contributed by atoms with Gasteiger partial charge in [-0.25, -0.2) is 0 Å². The topological polar surface area (TPSA) is 49.4 Å². The average Bonchev–Trinajstić information content (AvgIpc) is 3.19. The molecule has 2 fully saturated rings. The van der Waals surface area contributed by atoms with E-state index in [4.69, 9.17) is 11.6 Å². The van der Waals surface area contributed by atoms with E-state index in [2.05, 4.69) is 5.32 Å². The van der Waals surface area contributed by atoms with Crippen LogP contribution in [0.15, 0.2) is 24.3 Å². The van der Waals surface area contributed by atoms with Crippen molar-refractivity contribution in [3.63, 3.8) is 0 Å². The van der Waals surface area contributed by atoms with Gasteiger partial charge in [0.2, 0.25) is 11.8 Å². The first-order valence-corrected chi connectivity index (χ1v) is 8.48. The van der Waals surface area contributed by atoms with Gasteiger partial charge < -0.3 is 10.2 Å². The van der Waals surface area contributed by atoms with Gasteiger partial charge in [0.25, 0.3) is 0 Å². The Balaban J connectivity index is 1.82. The maximum Gasteiger partial charge on any atom is 0.242 e. The smallest absolute Gasteiger partial charge is 0.242 e. The lowest BCUT2D eigenvalue weighted by molar-refractivity contribution is -0.137. The molecule has 0 bridgehead atoms. The van der Waals surface area contributed by atoms with Crippen molar-refractivity contribution in [3.8, 4) is 0 Å². The molecule has 6 heteroatoms. The van der Waals surface area contributed by atoms with E-state index in [1.165, 1.54) is 11.8 Å². The van der Waals surface area contributed by atoms with Gasteiger partial charge >= 0.3 is 0 Å². The number of carbonyl (C=O) groups is 2. The molecule has 1 N–H and O–H groups in total. The Morgan fingerprint density at radius 3 is 2.81 bits per heavy atom. The van der Waals surface area contributed by atoms with Crippen LogP contribution in [0.4, 0.5) is 0 Å². The molecule has 21 heavy (non-hydrogen) atoms. The molecule has 2 aliphatic rings. The van der Waals surface area contributed by atoms with E-state index >= 15 is 0 Å². The maximum absolute atomic E-state index is 12.2. The van der Waals surface area contributed by atoms with Crippen LogP contribution in [-0.4, -0.2) is 34.6 Å². The van der Waals surface area contributed by atoms with Crippen LogP contribution in [0.1, 0.15) is 30.7 Å². The molecule has 0 aromatic heterocycles. The van der Waals surface area contributed by atoms with Crippen molar-refractivity contribution in [1.29, 1.82) is 0 Å². The number of nitrogens with zero attached hydrogens (tertiary/aromatic N) is 1. The molecule has 0 unspecified atom stereocenters. The van der Waals surface area contributed by atoms with Crippen molar-refractivity contribution in [3.05, 3.63) is 34.9 Å². The fourth-order valence-corrected chi connectivity index (χ4v) is 4.04. The van der Waals surface area contributed by atoms with E-state index in [1.54, 1.807) is 11.8 Å². The number of hydrogen-bond donors (Lipinski definition) is 1. The van der Waals surface area contributed by atoms with E-state index in [0.717, 1.165) is 18.4 Å². The van der Waals surface area contributed by atoms with Crippen LogP contribution in [0.2, 0.25) is 5.02 Å². The lowest BCUT2D eigenvalue weighted by Crippen LogP contribution is -2.47. The number of thioether (sulfide) groups is 1. The molecule has 1 saturated heterocycles. The Kier molecular flexibility index (Phi) is 4.13. The van der Waals surface area contributed by atoms with Crippen molar-refractivity contribution >= 4 is 35.2 Å². The van der Waals surface area contributed by atoms with Crippen molar-refractivity contribution in [2.75, 3.05) is 5.75 Å². The summed E-state index contributed by atoms with van der Waals surface area (Å²) in [4.78, 5) is 26.1. The summed E-state index contributed by atoms with van der Waals surface area (Å²) in [6, 6.07) is 7.31. The third-order valence-corrected chi connectivity index (χ3v) is 5.35. The largest absolute Gasteiger partial charge is 0.352 e. The van der Waals surface area contributed by atoms with E-state index < -0.39 is 6.04 Å². The third kappa shape index (κ3) is 3.04. The molecule has 0 spiro atoms. The van der Waals surface area contributed by atoms with Crippen LogP contribution in [0, 0.1) is 0 Å². The second-order valence-electron chi connectivity index (χ2n) is 5.44. The number of amides is 2. The highest BCUT2D eigenvalue weighted by Crippen LogP contribution is 2.42. The minimum absolute atomic E-state index is 0.0108. The van der Waals surface area contributed by atoms with Gasteiger partial charge in [-0.1, -0.05) is 29.8 Å². The summed E-state index contributed by atoms with van der Waals surface area (Å²) < 4.78 is 0. The van der Waals surface area contributed by atoms with Gasteiger partial charge in [0, 0.05) is 16.6 Å². The van der Waals surface area contributed by atoms with Gasteiger partial charge in [0.15, 0.2) is 0 Å². The van der Waals surface area contributed by atoms with Gasteiger partial charge in [-0.05, 0) is 25.8 Å². The quantitative estimate of drug-likeness (QED) is 0.926. The van der Waals surface area contributed by atoms with Gasteiger partial charge in [0.05, 0.1) is 5.75 Å². The fourth-order valence-electron chi connectivity index (χ4n) is 2.45. The molecule has 1 heterocycles. The van der Waals surface area contributed by atoms with Crippen LogP contribution in [-0.2, 0) is 9.59 Å². The molecule has 2 amide bonds. The Morgan fingerprint density at radius 1 is 1.43 bits per heavy atom. The van der Waals surface area contributed by atoms with Crippen molar-refractivity contribution in [1.82, 2.24) is 10.2 Å². The second-order valence-corrected chi connectivity index (χ2v) is 6.92. The minimum Gasteiger partial charge on any atom is -0.352 e. The summed E-state index contributed by atoms with van der Waals surface area (Å²) in [7, 11) is 0. The van der Waals surface area contributed by atoms with Gasteiger partial charge in [-0.15, -0.1) is 11.8 Å². The molecule has 1 aliphatic carbocycles. The zero-order valence-electron chi connectivity index (χ0n) is 11.7. The molecule has 4 nitrogen and oxygen atoms in total. The van der Waals surface area contributed by atoms with E-state index in [9.17, 15) is 9.59 Å². The summed E-state index contributed by atoms with van der Waals surface area (Å²) in [6.07, 6.45) is 2.07. The second kappa shape index (κ2) is 5.89. The average molecular weight is 325 g/mol. The fraction of sp³-hybridized carbons (Fsp3) is 0.467. The molecule has 112 valence electrons. The Hall–Kier alpha value is -1.20. The predicted octanol–water partition coefficient (Wildman–Crippen LogP) is 2.58. The highest BCUT2D eigenvalue weighted by Gasteiger charge is 2.40. The van der Waals surface area contributed by atoms with Gasteiger partial charge in [0.1, 0.15) is 11.4 Å². The number of rotatable bonds is 4. The molecular formula is C15H17ClN2O2S. The molecule has 1 aromatic rings. The van der Waals surface area contributed by atoms with Crippen LogP contribution < -0.4 is 5.32 Å². The SMILES string of the molecule is C[C@H](C(=O)NC1CC1)N1C(=O)CS[C@H]1c1ccccc1Cl. The number of halogens is 1. The monoisotopic (exact) mass is 324 g/mol. The van der Waals surface area contributed by atoms with Crippen LogP contribution in [0.5, 0.6) is 0 Å². The Bertz CT molecular complexity index is 577. The molecule has 1 aromatic carbocycles. The summed E-state index contributed by atoms with van der Waals surface area (Å²) in [5.41, 5.74) is 0.890. The first-order valence-electron chi connectivity index (χ1n) is 7.05. The summed E-state index contributed by atoms with van der Waals surface area (Å²) in [6.45, 7) is 1.78. The number of carbonyl (C=O) groups excluding carboxylic acids is 2. The number of benzene rings is 1. The Morgan fingerprint density at radius 2 is 2.14 bits per heavy atom. The maximum atomic E-state index is 12.2. The minimum atomic E-state index is -0.477. The first-order chi connectivity index (χ1) is 10.1. The standard InChI is InChI=1S/C15H17ClN2O2S/c1-9(14(20)17-10-6-7-10)18-13(19)8-21-15(18)11-4-2-3-5-12(11)16/h2-5,9-10,15H,6-8H2,1H3,(H,17,20)/t9-,15+/m1/s1. The molecule has 2 atom stereocenters. The van der Waals surface area contributed by atoms with E-state index in [1.807, 2.05) is 24.3 Å². The van der Waals surface area contributed by atoms with Crippen molar-refractivity contribution < 1.29 is 9.59 Å². The lowest BCUT2D eigenvalue weighted by Gasteiger charge is -2.30. The first kappa shape index (κ1) is 14.7. The normalized spacial score (nSPS) is 23.2. The van der Waals surface area contributed by atoms with E-state index in [0.29, 0.717) is 16.8 Å². The van der Waals surface area contributed by atoms with E-state index in [-0.39, 0.29) is 17.2 Å². The van der Waals surface area contributed by atoms with Crippen LogP contribution in [0.25, 0.3) is 0 Å². The number of hydrogen-bond acceptors (Lipinski definition) is 3. The molecule has 0 radical (unpaired) electrons. The zero-order valence-corrected chi connectivity index (χ0v) is 13.3. The highest BCUT2D eigenvalue weighted by molar-refractivity contribution is 8.00. The van der Waals surface area contributed by atoms with Gasteiger partial charge in [-0.3, -0.25) is 9.59 Å². The van der Waals surface area contributed by atoms with Gasteiger partial charge in [-0.2, -0.15) is 0 Å². The lowest BCUT2D eigenvalue weighted by atomic mass is 10.1. The molecule has 1 saturated carbocycles. The number of nitrogens with one attached hydrogen (secondary N) is 1. The summed E-state index contributed by atoms with van der Waals surface area (Å²) in [5, 5.41) is 3.40. The summed E-state index contributed by atoms with van der Waals surface area (Å²) in [5.74, 6) is 0.297. The highest BCUT2D eigenvalue weighted by atomic mass is 35.5. The van der Waals surface area contributed by atoms with Crippen molar-refractivity contribution in [2.45, 2.75) is 37.2 Å². The van der Waals surface area contributed by atoms with Crippen molar-refractivity contribution in [2.24, 2.45) is 0 Å². The third-order valence-electron chi connectivity index (χ3n) is 3.80. The van der Waals surface area contributed by atoms with Crippen LogP contribution >= 0.6 is 23.4 Å². The molecular weight excluding hydrogens is 308 g/mol. The molecule has 1 aliphatic heterocycles. The predicted molar refractivity (Wildman–Crippen MR) is 84.1 cm³/mol. The van der Waals surface area contributed by atoms with Crippen LogP contribution in [0.3, 0.4) is 0 Å². The molecule has 3 rings (SSSR count). The zero-order chi connectivity index (χ0) is 15.0.